The minimum absolute atomic E-state index is 0.0159. The molecule has 3 heteroatoms. The Labute approximate surface area is 147 Å². The SMILES string of the molecule is CCC(CC)(Pc1ccc(C)cc1C(C)S)c1ccccc1O. The Bertz CT molecular complexity index is 662. The van der Waals surface area contributed by atoms with Gasteiger partial charge < -0.3 is 5.11 Å². The second-order valence-corrected chi connectivity index (χ2v) is 8.72. The van der Waals surface area contributed by atoms with Crippen LogP contribution in [-0.4, -0.2) is 5.11 Å². The Morgan fingerprint density at radius 1 is 1.13 bits per heavy atom. The first-order valence-corrected chi connectivity index (χ1v) is 9.80. The number of phenolic OH excluding ortho intramolecular Hbond substituents is 1. The van der Waals surface area contributed by atoms with E-state index in [-0.39, 0.29) is 10.4 Å². The van der Waals surface area contributed by atoms with Gasteiger partial charge in [-0.15, -0.1) is 0 Å². The number of phenols is 1. The Morgan fingerprint density at radius 3 is 2.35 bits per heavy atom. The van der Waals surface area contributed by atoms with Gasteiger partial charge in [-0.05, 0) is 43.6 Å². The van der Waals surface area contributed by atoms with Gasteiger partial charge >= 0.3 is 0 Å². The highest BCUT2D eigenvalue weighted by atomic mass is 32.1. The zero-order chi connectivity index (χ0) is 17.0. The predicted molar refractivity (Wildman–Crippen MR) is 107 cm³/mol. The molecule has 0 aromatic heterocycles. The zero-order valence-corrected chi connectivity index (χ0v) is 16.3. The second-order valence-electron chi connectivity index (χ2n) is 6.20. The quantitative estimate of drug-likeness (QED) is 0.507. The van der Waals surface area contributed by atoms with E-state index in [2.05, 4.69) is 64.6 Å². The lowest BCUT2D eigenvalue weighted by atomic mass is 9.92. The number of aromatic hydroxyl groups is 1. The van der Waals surface area contributed by atoms with Crippen molar-refractivity contribution in [1.29, 1.82) is 0 Å². The lowest BCUT2D eigenvalue weighted by molar-refractivity contribution is 0.448. The summed E-state index contributed by atoms with van der Waals surface area (Å²) >= 11 is 4.68. The average Bonchev–Trinajstić information content (AvgIpc) is 2.54. The Balaban J connectivity index is 2.51. The summed E-state index contributed by atoms with van der Waals surface area (Å²) in [6.07, 6.45) is 2.02. The van der Waals surface area contributed by atoms with Crippen molar-refractivity contribution in [2.24, 2.45) is 0 Å². The van der Waals surface area contributed by atoms with Gasteiger partial charge in [-0.1, -0.05) is 64.4 Å². The third-order valence-corrected chi connectivity index (χ3v) is 7.12. The molecule has 0 saturated heterocycles. The highest BCUT2D eigenvalue weighted by molar-refractivity contribution is 7.80. The van der Waals surface area contributed by atoms with E-state index in [1.807, 2.05) is 12.1 Å². The van der Waals surface area contributed by atoms with Crippen molar-refractivity contribution in [3.8, 4) is 5.75 Å². The molecule has 0 aliphatic heterocycles. The molecule has 1 N–H and O–H groups in total. The van der Waals surface area contributed by atoms with Crippen molar-refractivity contribution in [3.05, 3.63) is 59.2 Å². The molecule has 2 rings (SSSR count). The molecule has 2 unspecified atom stereocenters. The topological polar surface area (TPSA) is 20.2 Å². The predicted octanol–water partition coefficient (Wildman–Crippen LogP) is 5.71. The molecule has 0 amide bonds. The average molecular weight is 346 g/mol. The molecule has 124 valence electrons. The Kier molecular flexibility index (Phi) is 6.17. The van der Waals surface area contributed by atoms with Gasteiger partial charge in [-0.3, -0.25) is 0 Å². The molecule has 1 nitrogen and oxygen atoms in total. The van der Waals surface area contributed by atoms with Crippen LogP contribution >= 0.6 is 21.2 Å². The van der Waals surface area contributed by atoms with Gasteiger partial charge in [0.1, 0.15) is 5.75 Å². The Hall–Kier alpha value is -0.980. The minimum atomic E-state index is -0.0159. The first-order valence-electron chi connectivity index (χ1n) is 8.28. The normalized spacial score (nSPS) is 13.6. The lowest BCUT2D eigenvalue weighted by Gasteiger charge is -2.34. The molecule has 2 aromatic rings. The second kappa shape index (κ2) is 7.73. The van der Waals surface area contributed by atoms with Crippen LogP contribution in [0.5, 0.6) is 5.75 Å². The number of hydrogen-bond acceptors (Lipinski definition) is 2. The first-order chi connectivity index (χ1) is 10.9. The molecule has 0 spiro atoms. The number of aryl methyl sites for hydroxylation is 1. The summed E-state index contributed by atoms with van der Waals surface area (Å²) in [5.41, 5.74) is 3.66. The zero-order valence-electron chi connectivity index (χ0n) is 14.4. The molecule has 0 radical (unpaired) electrons. The molecule has 2 aromatic carbocycles. The van der Waals surface area contributed by atoms with E-state index in [1.54, 1.807) is 6.07 Å². The smallest absolute Gasteiger partial charge is 0.119 e. The van der Waals surface area contributed by atoms with Crippen LogP contribution in [0.3, 0.4) is 0 Å². The van der Waals surface area contributed by atoms with Crippen LogP contribution < -0.4 is 5.30 Å². The number of thiol groups is 1. The maximum atomic E-state index is 10.4. The van der Waals surface area contributed by atoms with Gasteiger partial charge in [0, 0.05) is 16.0 Å². The van der Waals surface area contributed by atoms with Crippen LogP contribution in [-0.2, 0) is 5.16 Å². The van der Waals surface area contributed by atoms with Gasteiger partial charge in [0.15, 0.2) is 0 Å². The maximum Gasteiger partial charge on any atom is 0.119 e. The summed E-state index contributed by atoms with van der Waals surface area (Å²) in [4.78, 5) is 0. The van der Waals surface area contributed by atoms with Gasteiger partial charge in [0.2, 0.25) is 0 Å². The molecular weight excluding hydrogens is 319 g/mol. The van der Waals surface area contributed by atoms with Gasteiger partial charge in [-0.2, -0.15) is 12.6 Å². The van der Waals surface area contributed by atoms with Crippen molar-refractivity contribution >= 4 is 26.5 Å². The fraction of sp³-hybridized carbons (Fsp3) is 0.400. The lowest BCUT2D eigenvalue weighted by Crippen LogP contribution is -2.23. The Morgan fingerprint density at radius 2 is 1.78 bits per heavy atom. The molecule has 0 bridgehead atoms. The van der Waals surface area contributed by atoms with E-state index < -0.39 is 0 Å². The summed E-state index contributed by atoms with van der Waals surface area (Å²) < 4.78 is 0. The van der Waals surface area contributed by atoms with Crippen molar-refractivity contribution in [3.63, 3.8) is 0 Å². The van der Waals surface area contributed by atoms with Crippen molar-refractivity contribution < 1.29 is 5.11 Å². The molecule has 2 atom stereocenters. The number of benzene rings is 2. The van der Waals surface area contributed by atoms with Gasteiger partial charge in [0.05, 0.1) is 0 Å². The van der Waals surface area contributed by atoms with Crippen molar-refractivity contribution in [2.45, 2.75) is 50.9 Å². The number of rotatable bonds is 6. The summed E-state index contributed by atoms with van der Waals surface area (Å²) in [5.74, 6) is 0.413. The fourth-order valence-electron chi connectivity index (χ4n) is 3.15. The van der Waals surface area contributed by atoms with Crippen LogP contribution in [0.1, 0.15) is 55.6 Å². The van der Waals surface area contributed by atoms with Gasteiger partial charge in [0.25, 0.3) is 0 Å². The van der Waals surface area contributed by atoms with Crippen molar-refractivity contribution in [1.82, 2.24) is 0 Å². The summed E-state index contributed by atoms with van der Waals surface area (Å²) in [6.45, 7) is 8.70. The molecule has 0 fully saturated rings. The molecule has 0 heterocycles. The largest absolute Gasteiger partial charge is 0.508 e. The molecular formula is C20H27OPS. The van der Waals surface area contributed by atoms with E-state index in [0.717, 1.165) is 18.4 Å². The number of para-hydroxylation sites is 1. The summed E-state index contributed by atoms with van der Waals surface area (Å²) in [5, 5.41) is 12.0. The van der Waals surface area contributed by atoms with Crippen molar-refractivity contribution in [2.75, 3.05) is 0 Å². The standard InChI is InChI=1S/C20H27OPS/c1-5-20(6-2,17-9-7-8-10-18(17)21)22-19-12-11-14(3)13-16(19)15(4)23/h7-13,15,21-23H,5-6H2,1-4H3. The molecule has 0 aliphatic carbocycles. The number of hydrogen-bond donors (Lipinski definition) is 2. The van der Waals surface area contributed by atoms with Crippen LogP contribution in [0, 0.1) is 6.92 Å². The monoisotopic (exact) mass is 346 g/mol. The fourth-order valence-corrected chi connectivity index (χ4v) is 5.30. The van der Waals surface area contributed by atoms with E-state index in [1.165, 1.54) is 16.4 Å². The van der Waals surface area contributed by atoms with Crippen LogP contribution in [0.25, 0.3) is 0 Å². The molecule has 23 heavy (non-hydrogen) atoms. The third-order valence-electron chi connectivity index (χ3n) is 4.66. The summed E-state index contributed by atoms with van der Waals surface area (Å²) in [6, 6.07) is 14.5. The maximum absolute atomic E-state index is 10.4. The third kappa shape index (κ3) is 3.92. The van der Waals surface area contributed by atoms with Gasteiger partial charge in [-0.25, -0.2) is 0 Å². The molecule has 0 saturated carbocycles. The first kappa shape index (κ1) is 18.4. The van der Waals surface area contributed by atoms with Crippen LogP contribution in [0.4, 0.5) is 0 Å². The van der Waals surface area contributed by atoms with E-state index in [4.69, 9.17) is 0 Å². The molecule has 0 aliphatic rings. The highest BCUT2D eigenvalue weighted by Gasteiger charge is 2.32. The van der Waals surface area contributed by atoms with E-state index in [9.17, 15) is 5.11 Å². The summed E-state index contributed by atoms with van der Waals surface area (Å²) in [7, 11) is 0.619. The van der Waals surface area contributed by atoms with Crippen LogP contribution in [0.15, 0.2) is 42.5 Å². The van der Waals surface area contributed by atoms with E-state index >= 15 is 0 Å². The highest BCUT2D eigenvalue weighted by Crippen LogP contribution is 2.50. The van der Waals surface area contributed by atoms with E-state index in [0.29, 0.717) is 14.3 Å². The van der Waals surface area contributed by atoms with Crippen LogP contribution in [0.2, 0.25) is 0 Å². The minimum Gasteiger partial charge on any atom is -0.508 e.